The zero-order chi connectivity index (χ0) is 8.97. The largest absolute Gasteiger partial charge is 0.436 e. The van der Waals surface area contributed by atoms with Crippen LogP contribution >= 0.6 is 19.0 Å². The highest BCUT2D eigenvalue weighted by atomic mass is 35.7. The lowest BCUT2D eigenvalue weighted by molar-refractivity contribution is 0.409. The number of hydrogen-bond acceptors (Lipinski definition) is 2. The fourth-order valence-electron chi connectivity index (χ4n) is 0.773. The van der Waals surface area contributed by atoms with E-state index in [2.05, 4.69) is 0 Å². The van der Waals surface area contributed by atoms with Crippen LogP contribution < -0.4 is 4.52 Å². The molecule has 0 spiro atoms. The molecular formula is C8H10ClO2P. The SMILES string of the molecule is COP(Cl)Oc1ccccc1C. The summed E-state index contributed by atoms with van der Waals surface area (Å²) in [6.07, 6.45) is 0. The zero-order valence-electron chi connectivity index (χ0n) is 6.95. The smallest absolute Gasteiger partial charge is 0.338 e. The van der Waals surface area contributed by atoms with Crippen molar-refractivity contribution in [1.29, 1.82) is 0 Å². The minimum Gasteiger partial charge on any atom is -0.436 e. The minimum atomic E-state index is -1.30. The van der Waals surface area contributed by atoms with Gasteiger partial charge in [0.25, 0.3) is 0 Å². The summed E-state index contributed by atoms with van der Waals surface area (Å²) in [7, 11) is 0.226. The number of halogens is 1. The molecule has 0 fully saturated rings. The number of hydrogen-bond donors (Lipinski definition) is 0. The molecule has 0 aliphatic rings. The Hall–Kier alpha value is -0.300. The first-order chi connectivity index (χ1) is 5.74. The Morgan fingerprint density at radius 3 is 2.58 bits per heavy atom. The maximum Gasteiger partial charge on any atom is 0.338 e. The third-order valence-electron chi connectivity index (χ3n) is 1.41. The van der Waals surface area contributed by atoms with Crippen molar-refractivity contribution in [3.8, 4) is 5.75 Å². The van der Waals surface area contributed by atoms with Crippen LogP contribution in [0.25, 0.3) is 0 Å². The van der Waals surface area contributed by atoms with Crippen LogP contribution in [-0.2, 0) is 4.52 Å². The highest BCUT2D eigenvalue weighted by molar-refractivity contribution is 7.76. The Morgan fingerprint density at radius 2 is 2.00 bits per heavy atom. The molecule has 1 unspecified atom stereocenters. The summed E-state index contributed by atoms with van der Waals surface area (Å²) in [5, 5.41) is 0. The predicted octanol–water partition coefficient (Wildman–Crippen LogP) is 3.49. The minimum absolute atomic E-state index is 0.778. The van der Waals surface area contributed by atoms with Crippen molar-refractivity contribution >= 4 is 19.0 Å². The number of rotatable bonds is 3. The second-order valence-corrected chi connectivity index (χ2v) is 4.05. The molecule has 0 radical (unpaired) electrons. The molecule has 1 aromatic carbocycles. The van der Waals surface area contributed by atoms with Crippen molar-refractivity contribution in [1.82, 2.24) is 0 Å². The first kappa shape index (κ1) is 9.79. The van der Waals surface area contributed by atoms with E-state index in [1.807, 2.05) is 31.2 Å². The molecule has 2 nitrogen and oxygen atoms in total. The lowest BCUT2D eigenvalue weighted by Crippen LogP contribution is -1.86. The van der Waals surface area contributed by atoms with Crippen LogP contribution in [0, 0.1) is 6.92 Å². The maximum atomic E-state index is 5.69. The van der Waals surface area contributed by atoms with Crippen LogP contribution in [0.4, 0.5) is 0 Å². The van der Waals surface area contributed by atoms with Gasteiger partial charge in [0.15, 0.2) is 0 Å². The van der Waals surface area contributed by atoms with Gasteiger partial charge in [-0.05, 0) is 29.8 Å². The second kappa shape index (κ2) is 4.66. The lowest BCUT2D eigenvalue weighted by atomic mass is 10.2. The fraction of sp³-hybridized carbons (Fsp3) is 0.250. The predicted molar refractivity (Wildman–Crippen MR) is 51.6 cm³/mol. The maximum absolute atomic E-state index is 5.69. The van der Waals surface area contributed by atoms with Crippen molar-refractivity contribution in [2.45, 2.75) is 6.92 Å². The summed E-state index contributed by atoms with van der Waals surface area (Å²) in [5.41, 5.74) is 1.06. The van der Waals surface area contributed by atoms with E-state index in [4.69, 9.17) is 20.3 Å². The highest BCUT2D eigenvalue weighted by Gasteiger charge is 2.06. The summed E-state index contributed by atoms with van der Waals surface area (Å²) < 4.78 is 10.1. The van der Waals surface area contributed by atoms with E-state index in [1.54, 1.807) is 0 Å². The van der Waals surface area contributed by atoms with Gasteiger partial charge < -0.3 is 9.05 Å². The van der Waals surface area contributed by atoms with Gasteiger partial charge in [0.1, 0.15) is 5.75 Å². The third-order valence-corrected chi connectivity index (χ3v) is 2.66. The summed E-state index contributed by atoms with van der Waals surface area (Å²) in [5.74, 6) is 0.778. The fourth-order valence-corrected chi connectivity index (χ4v) is 1.43. The Morgan fingerprint density at radius 1 is 1.33 bits per heavy atom. The van der Waals surface area contributed by atoms with E-state index in [-0.39, 0.29) is 0 Å². The van der Waals surface area contributed by atoms with Crippen molar-refractivity contribution < 1.29 is 9.05 Å². The Balaban J connectivity index is 2.69. The standard InChI is InChI=1S/C8H10ClO2P/c1-7-5-3-4-6-8(7)11-12(9)10-2/h3-6H,1-2H3. The van der Waals surface area contributed by atoms with E-state index in [0.29, 0.717) is 0 Å². The van der Waals surface area contributed by atoms with Crippen LogP contribution in [-0.4, -0.2) is 7.11 Å². The molecule has 0 amide bonds. The van der Waals surface area contributed by atoms with Gasteiger partial charge in [-0.2, -0.15) is 0 Å². The van der Waals surface area contributed by atoms with Crippen LogP contribution in [0.2, 0.25) is 0 Å². The van der Waals surface area contributed by atoms with Crippen LogP contribution in [0.1, 0.15) is 5.56 Å². The zero-order valence-corrected chi connectivity index (χ0v) is 8.60. The van der Waals surface area contributed by atoms with Gasteiger partial charge in [-0.1, -0.05) is 18.2 Å². The molecule has 0 heterocycles. The molecular weight excluding hydrogens is 195 g/mol. The normalized spacial score (nSPS) is 12.6. The number of benzene rings is 1. The molecule has 0 N–H and O–H groups in total. The van der Waals surface area contributed by atoms with Gasteiger partial charge in [0.2, 0.25) is 0 Å². The molecule has 0 aliphatic heterocycles. The first-order valence-corrected chi connectivity index (χ1v) is 5.56. The average Bonchev–Trinajstić information content (AvgIpc) is 2.09. The monoisotopic (exact) mass is 204 g/mol. The summed E-state index contributed by atoms with van der Waals surface area (Å²) in [6, 6.07) is 7.68. The van der Waals surface area contributed by atoms with Crippen molar-refractivity contribution in [2.75, 3.05) is 7.11 Å². The van der Waals surface area contributed by atoms with Gasteiger partial charge in [0.05, 0.1) is 0 Å². The molecule has 0 saturated heterocycles. The van der Waals surface area contributed by atoms with Gasteiger partial charge in [0, 0.05) is 7.11 Å². The van der Waals surface area contributed by atoms with Gasteiger partial charge >= 0.3 is 7.73 Å². The van der Waals surface area contributed by atoms with E-state index in [1.165, 1.54) is 7.11 Å². The van der Waals surface area contributed by atoms with E-state index in [9.17, 15) is 0 Å². The summed E-state index contributed by atoms with van der Waals surface area (Å²) >= 11 is 5.69. The van der Waals surface area contributed by atoms with E-state index in [0.717, 1.165) is 11.3 Å². The van der Waals surface area contributed by atoms with E-state index < -0.39 is 7.73 Å². The summed E-state index contributed by atoms with van der Waals surface area (Å²) in [4.78, 5) is 0. The quantitative estimate of drug-likeness (QED) is 0.702. The molecule has 0 saturated carbocycles. The molecule has 66 valence electrons. The molecule has 0 aromatic heterocycles. The Labute approximate surface area is 78.2 Å². The van der Waals surface area contributed by atoms with Crippen LogP contribution in [0.15, 0.2) is 24.3 Å². The lowest BCUT2D eigenvalue weighted by Gasteiger charge is -2.10. The number of aryl methyl sites for hydroxylation is 1. The van der Waals surface area contributed by atoms with Crippen molar-refractivity contribution in [3.63, 3.8) is 0 Å². The molecule has 1 aromatic rings. The third kappa shape index (κ3) is 2.63. The van der Waals surface area contributed by atoms with Crippen molar-refractivity contribution in [3.05, 3.63) is 29.8 Å². The first-order valence-electron chi connectivity index (χ1n) is 3.47. The van der Waals surface area contributed by atoms with E-state index >= 15 is 0 Å². The molecule has 4 heteroatoms. The highest BCUT2D eigenvalue weighted by Crippen LogP contribution is 2.43. The van der Waals surface area contributed by atoms with Crippen molar-refractivity contribution in [2.24, 2.45) is 0 Å². The summed E-state index contributed by atoms with van der Waals surface area (Å²) in [6.45, 7) is 1.96. The molecule has 1 rings (SSSR count). The topological polar surface area (TPSA) is 18.5 Å². The Bertz CT molecular complexity index is 255. The van der Waals surface area contributed by atoms with Crippen LogP contribution in [0.3, 0.4) is 0 Å². The van der Waals surface area contributed by atoms with Gasteiger partial charge in [-0.3, -0.25) is 0 Å². The second-order valence-electron chi connectivity index (χ2n) is 2.25. The number of para-hydroxylation sites is 1. The molecule has 1 atom stereocenters. The van der Waals surface area contributed by atoms with Crippen LogP contribution in [0.5, 0.6) is 5.75 Å². The van der Waals surface area contributed by atoms with Gasteiger partial charge in [-0.15, -0.1) is 0 Å². The van der Waals surface area contributed by atoms with Gasteiger partial charge in [-0.25, -0.2) is 0 Å². The Kier molecular flexibility index (Phi) is 3.80. The average molecular weight is 205 g/mol. The molecule has 0 bridgehead atoms. The molecule has 12 heavy (non-hydrogen) atoms. The molecule has 0 aliphatic carbocycles.